The van der Waals surface area contributed by atoms with Crippen molar-refractivity contribution in [1.29, 1.82) is 0 Å². The highest BCUT2D eigenvalue weighted by Crippen LogP contribution is 2.39. The number of carbonyl (C=O) groups excluding carboxylic acids is 1. The Bertz CT molecular complexity index is 792. The molecule has 2 aromatic rings. The van der Waals surface area contributed by atoms with Crippen LogP contribution in [0.5, 0.6) is 0 Å². The summed E-state index contributed by atoms with van der Waals surface area (Å²) in [6, 6.07) is 14.1. The topological polar surface area (TPSA) is 35.6 Å². The van der Waals surface area contributed by atoms with E-state index in [1.54, 1.807) is 6.07 Å². The largest absolute Gasteiger partial charge is 0.365 e. The van der Waals surface area contributed by atoms with Crippen LogP contribution in [0, 0.1) is 6.92 Å². The molecule has 2 heterocycles. The Morgan fingerprint density at radius 2 is 2.00 bits per heavy atom. The van der Waals surface area contributed by atoms with Crippen molar-refractivity contribution in [2.24, 2.45) is 0 Å². The predicted molar refractivity (Wildman–Crippen MR) is 99.4 cm³/mol. The van der Waals surface area contributed by atoms with Gasteiger partial charge in [0.1, 0.15) is 0 Å². The SMILES string of the molecule is Cc1ccc(NC(=O)N2C[C@H]3CCCN3c3ccccc32)cc1Cl. The second-order valence-corrected chi connectivity index (χ2v) is 6.89. The van der Waals surface area contributed by atoms with Crippen LogP contribution in [0.2, 0.25) is 5.02 Å². The van der Waals surface area contributed by atoms with E-state index in [1.165, 1.54) is 6.42 Å². The van der Waals surface area contributed by atoms with Crippen LogP contribution in [-0.4, -0.2) is 25.2 Å². The monoisotopic (exact) mass is 341 g/mol. The molecule has 1 saturated heterocycles. The van der Waals surface area contributed by atoms with Gasteiger partial charge in [-0.2, -0.15) is 0 Å². The van der Waals surface area contributed by atoms with Gasteiger partial charge in [-0.1, -0.05) is 29.8 Å². The summed E-state index contributed by atoms with van der Waals surface area (Å²) in [5.74, 6) is 0. The first-order chi connectivity index (χ1) is 11.6. The Morgan fingerprint density at radius 1 is 1.21 bits per heavy atom. The summed E-state index contributed by atoms with van der Waals surface area (Å²) in [4.78, 5) is 17.2. The van der Waals surface area contributed by atoms with Gasteiger partial charge in [-0.25, -0.2) is 4.79 Å². The number of carbonyl (C=O) groups is 1. The number of aryl methyl sites for hydroxylation is 1. The van der Waals surface area contributed by atoms with Gasteiger partial charge >= 0.3 is 6.03 Å². The first-order valence-electron chi connectivity index (χ1n) is 8.34. The average Bonchev–Trinajstić information content (AvgIpc) is 3.06. The van der Waals surface area contributed by atoms with Gasteiger partial charge in [0.2, 0.25) is 0 Å². The predicted octanol–water partition coefficient (Wildman–Crippen LogP) is 4.67. The maximum absolute atomic E-state index is 12.9. The first-order valence-corrected chi connectivity index (χ1v) is 8.71. The summed E-state index contributed by atoms with van der Waals surface area (Å²) in [6.45, 7) is 3.75. The molecule has 1 atom stereocenters. The number of halogens is 1. The molecule has 124 valence electrons. The summed E-state index contributed by atoms with van der Waals surface area (Å²) in [5.41, 5.74) is 3.86. The first kappa shape index (κ1) is 15.3. The minimum absolute atomic E-state index is 0.103. The van der Waals surface area contributed by atoms with Crippen molar-refractivity contribution in [1.82, 2.24) is 0 Å². The van der Waals surface area contributed by atoms with Crippen molar-refractivity contribution in [2.45, 2.75) is 25.8 Å². The van der Waals surface area contributed by atoms with Crippen LogP contribution in [0.15, 0.2) is 42.5 Å². The smallest absolute Gasteiger partial charge is 0.326 e. The van der Waals surface area contributed by atoms with Gasteiger partial charge in [-0.3, -0.25) is 4.90 Å². The molecule has 4 nitrogen and oxygen atoms in total. The average molecular weight is 342 g/mol. The maximum atomic E-state index is 12.9. The molecule has 5 heteroatoms. The number of nitrogens with zero attached hydrogens (tertiary/aromatic N) is 2. The Hall–Kier alpha value is -2.20. The molecular formula is C19H20ClN3O. The lowest BCUT2D eigenvalue weighted by molar-refractivity contribution is 0.256. The molecular weight excluding hydrogens is 322 g/mol. The Morgan fingerprint density at radius 3 is 2.79 bits per heavy atom. The maximum Gasteiger partial charge on any atom is 0.326 e. The number of amides is 2. The minimum Gasteiger partial charge on any atom is -0.365 e. The van der Waals surface area contributed by atoms with Crippen molar-refractivity contribution in [2.75, 3.05) is 28.2 Å². The van der Waals surface area contributed by atoms with Crippen LogP contribution in [0.1, 0.15) is 18.4 Å². The summed E-state index contributed by atoms with van der Waals surface area (Å²) in [7, 11) is 0. The lowest BCUT2D eigenvalue weighted by atomic mass is 10.1. The van der Waals surface area contributed by atoms with E-state index in [1.807, 2.05) is 42.2 Å². The molecule has 0 saturated carbocycles. The van der Waals surface area contributed by atoms with Crippen LogP contribution in [-0.2, 0) is 0 Å². The van der Waals surface area contributed by atoms with Crippen molar-refractivity contribution >= 4 is 34.7 Å². The molecule has 0 spiro atoms. The summed E-state index contributed by atoms with van der Waals surface area (Å²) < 4.78 is 0. The molecule has 1 N–H and O–H groups in total. The van der Waals surface area contributed by atoms with Crippen LogP contribution in [0.4, 0.5) is 21.9 Å². The number of para-hydroxylation sites is 2. The summed E-state index contributed by atoms with van der Waals surface area (Å²) in [6.07, 6.45) is 2.32. The van der Waals surface area contributed by atoms with Gasteiger partial charge in [0, 0.05) is 29.8 Å². The van der Waals surface area contributed by atoms with E-state index in [-0.39, 0.29) is 6.03 Å². The highest BCUT2D eigenvalue weighted by atomic mass is 35.5. The number of hydrogen-bond acceptors (Lipinski definition) is 2. The van der Waals surface area contributed by atoms with E-state index < -0.39 is 0 Å². The van der Waals surface area contributed by atoms with Gasteiger partial charge < -0.3 is 10.2 Å². The molecule has 0 aliphatic carbocycles. The summed E-state index contributed by atoms with van der Waals surface area (Å²) >= 11 is 6.17. The molecule has 2 amide bonds. The number of hydrogen-bond donors (Lipinski definition) is 1. The van der Waals surface area contributed by atoms with E-state index >= 15 is 0 Å². The van der Waals surface area contributed by atoms with Gasteiger partial charge in [-0.05, 0) is 49.6 Å². The zero-order chi connectivity index (χ0) is 16.7. The normalized spacial score (nSPS) is 19.0. The molecule has 2 aromatic carbocycles. The third-order valence-electron chi connectivity index (χ3n) is 4.92. The third-order valence-corrected chi connectivity index (χ3v) is 5.33. The molecule has 24 heavy (non-hydrogen) atoms. The standard InChI is InChI=1S/C19H20ClN3O/c1-13-8-9-14(11-16(13)20)21-19(24)23-12-15-5-4-10-22(15)17-6-2-3-7-18(17)23/h2-3,6-9,11,15H,4-5,10,12H2,1H3,(H,21,24)/t15-/m1/s1. The minimum atomic E-state index is -0.103. The van der Waals surface area contributed by atoms with Gasteiger partial charge in [-0.15, -0.1) is 0 Å². The second kappa shape index (κ2) is 6.02. The molecule has 0 radical (unpaired) electrons. The van der Waals surface area contributed by atoms with Crippen molar-refractivity contribution < 1.29 is 4.79 Å². The zero-order valence-electron chi connectivity index (χ0n) is 13.6. The van der Waals surface area contributed by atoms with Gasteiger partial charge in [0.25, 0.3) is 0 Å². The second-order valence-electron chi connectivity index (χ2n) is 6.48. The zero-order valence-corrected chi connectivity index (χ0v) is 14.4. The molecule has 0 unspecified atom stereocenters. The fourth-order valence-electron chi connectivity index (χ4n) is 3.64. The van der Waals surface area contributed by atoms with Crippen LogP contribution < -0.4 is 15.1 Å². The number of anilines is 3. The molecule has 0 aromatic heterocycles. The van der Waals surface area contributed by atoms with E-state index in [2.05, 4.69) is 16.3 Å². The Kier molecular flexibility index (Phi) is 3.85. The van der Waals surface area contributed by atoms with E-state index in [0.29, 0.717) is 11.1 Å². The fourth-order valence-corrected chi connectivity index (χ4v) is 3.82. The third kappa shape index (κ3) is 2.61. The molecule has 2 aliphatic rings. The summed E-state index contributed by atoms with van der Waals surface area (Å²) in [5, 5.41) is 3.65. The van der Waals surface area contributed by atoms with Gasteiger partial charge in [0.15, 0.2) is 0 Å². The number of benzene rings is 2. The number of rotatable bonds is 1. The molecule has 0 bridgehead atoms. The number of fused-ring (bicyclic) bond motifs is 3. The van der Waals surface area contributed by atoms with Crippen LogP contribution in [0.3, 0.4) is 0 Å². The number of nitrogens with one attached hydrogen (secondary N) is 1. The fraction of sp³-hybridized carbons (Fsp3) is 0.316. The molecule has 4 rings (SSSR count). The highest BCUT2D eigenvalue weighted by Gasteiger charge is 2.36. The van der Waals surface area contributed by atoms with E-state index in [4.69, 9.17) is 11.6 Å². The Balaban J connectivity index is 1.62. The van der Waals surface area contributed by atoms with Crippen molar-refractivity contribution in [3.63, 3.8) is 0 Å². The lowest BCUT2D eigenvalue weighted by Gasteiger charge is -2.40. The Labute approximate surface area is 147 Å². The van der Waals surface area contributed by atoms with E-state index in [9.17, 15) is 4.79 Å². The quantitative estimate of drug-likeness (QED) is 0.818. The van der Waals surface area contributed by atoms with Crippen molar-refractivity contribution in [3.8, 4) is 0 Å². The van der Waals surface area contributed by atoms with Crippen molar-refractivity contribution in [3.05, 3.63) is 53.1 Å². The van der Waals surface area contributed by atoms with E-state index in [0.717, 1.165) is 42.1 Å². The highest BCUT2D eigenvalue weighted by molar-refractivity contribution is 6.31. The number of urea groups is 1. The molecule has 1 fully saturated rings. The van der Waals surface area contributed by atoms with Crippen LogP contribution >= 0.6 is 11.6 Å². The van der Waals surface area contributed by atoms with Gasteiger partial charge in [0.05, 0.1) is 11.4 Å². The molecule has 2 aliphatic heterocycles. The van der Waals surface area contributed by atoms with Crippen LogP contribution in [0.25, 0.3) is 0 Å². The lowest BCUT2D eigenvalue weighted by Crippen LogP contribution is -2.49.